The molecule has 0 aliphatic carbocycles. The number of ether oxygens (including phenoxy) is 1. The lowest BCUT2D eigenvalue weighted by Gasteiger charge is -2.10. The molecule has 4 aromatic rings. The fourth-order valence-corrected chi connectivity index (χ4v) is 2.69. The van der Waals surface area contributed by atoms with Gasteiger partial charge in [-0.2, -0.15) is 13.2 Å². The van der Waals surface area contributed by atoms with E-state index in [1.807, 2.05) is 0 Å². The van der Waals surface area contributed by atoms with Crippen LogP contribution in [0.5, 0.6) is 11.6 Å². The fraction of sp³-hybridized carbons (Fsp3) is 0.0500. The lowest BCUT2D eigenvalue weighted by molar-refractivity contribution is -0.137. The number of hydrogen-bond donors (Lipinski definition) is 2. The Morgan fingerprint density at radius 2 is 1.83 bits per heavy atom. The number of amides is 1. The van der Waals surface area contributed by atoms with Gasteiger partial charge in [-0.15, -0.1) is 0 Å². The van der Waals surface area contributed by atoms with Crippen molar-refractivity contribution in [1.82, 2.24) is 15.0 Å². The van der Waals surface area contributed by atoms with Crippen LogP contribution in [0, 0.1) is 0 Å². The van der Waals surface area contributed by atoms with Gasteiger partial charge in [0.1, 0.15) is 17.7 Å². The molecule has 2 heterocycles. The van der Waals surface area contributed by atoms with Crippen LogP contribution in [0.4, 0.5) is 18.9 Å². The summed E-state index contributed by atoms with van der Waals surface area (Å²) in [5, 5.41) is 3.28. The molecule has 2 aromatic carbocycles. The molecule has 146 valence electrons. The summed E-state index contributed by atoms with van der Waals surface area (Å²) >= 11 is 0. The maximum Gasteiger partial charge on any atom is 0.416 e. The van der Waals surface area contributed by atoms with E-state index in [4.69, 9.17) is 4.74 Å². The summed E-state index contributed by atoms with van der Waals surface area (Å²) in [4.78, 5) is 23.4. The van der Waals surface area contributed by atoms with Crippen LogP contribution in [-0.2, 0) is 6.18 Å². The minimum atomic E-state index is -4.51. The Hall–Kier alpha value is -3.88. The van der Waals surface area contributed by atoms with Gasteiger partial charge in [0.2, 0.25) is 5.88 Å². The molecule has 0 fully saturated rings. The molecule has 2 N–H and O–H groups in total. The normalized spacial score (nSPS) is 11.4. The molecule has 4 rings (SSSR count). The Morgan fingerprint density at radius 1 is 1.03 bits per heavy atom. The van der Waals surface area contributed by atoms with Crippen LogP contribution < -0.4 is 10.1 Å². The van der Waals surface area contributed by atoms with Crippen molar-refractivity contribution in [3.63, 3.8) is 0 Å². The van der Waals surface area contributed by atoms with E-state index in [1.54, 1.807) is 36.5 Å². The van der Waals surface area contributed by atoms with Crippen LogP contribution in [-0.4, -0.2) is 20.9 Å². The third kappa shape index (κ3) is 4.03. The first-order valence-corrected chi connectivity index (χ1v) is 8.45. The number of anilines is 1. The molecular weight excluding hydrogens is 385 g/mol. The topological polar surface area (TPSA) is 79.9 Å². The highest BCUT2D eigenvalue weighted by Crippen LogP contribution is 2.30. The average molecular weight is 398 g/mol. The van der Waals surface area contributed by atoms with E-state index in [-0.39, 0.29) is 5.56 Å². The van der Waals surface area contributed by atoms with E-state index in [1.165, 1.54) is 18.5 Å². The minimum Gasteiger partial charge on any atom is -0.438 e. The van der Waals surface area contributed by atoms with Crippen molar-refractivity contribution in [1.29, 1.82) is 0 Å². The Kier molecular flexibility index (Phi) is 4.63. The lowest BCUT2D eigenvalue weighted by atomic mass is 10.1. The number of alkyl halides is 3. The molecule has 0 saturated heterocycles. The minimum absolute atomic E-state index is 0.0870. The number of halogens is 3. The molecule has 0 radical (unpaired) electrons. The van der Waals surface area contributed by atoms with Crippen molar-refractivity contribution < 1.29 is 22.7 Å². The molecule has 0 aliphatic rings. The zero-order valence-corrected chi connectivity index (χ0v) is 14.7. The van der Waals surface area contributed by atoms with Gasteiger partial charge in [-0.05, 0) is 48.5 Å². The SMILES string of the molecule is O=C(Nc1ccc(Oc2ncnc3[nH]ccc23)cc1)c1cccc(C(F)(F)F)c1. The number of benzene rings is 2. The number of rotatable bonds is 4. The van der Waals surface area contributed by atoms with Gasteiger partial charge in [0.05, 0.1) is 10.9 Å². The van der Waals surface area contributed by atoms with Crippen LogP contribution in [0.25, 0.3) is 11.0 Å². The highest BCUT2D eigenvalue weighted by atomic mass is 19.4. The molecule has 0 spiro atoms. The molecule has 2 aromatic heterocycles. The molecule has 0 atom stereocenters. The van der Waals surface area contributed by atoms with E-state index in [0.717, 1.165) is 17.5 Å². The molecule has 0 saturated carbocycles. The smallest absolute Gasteiger partial charge is 0.416 e. The monoisotopic (exact) mass is 398 g/mol. The molecule has 0 aliphatic heterocycles. The van der Waals surface area contributed by atoms with Crippen LogP contribution in [0.15, 0.2) is 67.1 Å². The molecule has 6 nitrogen and oxygen atoms in total. The number of nitrogens with zero attached hydrogens (tertiary/aromatic N) is 2. The maximum absolute atomic E-state index is 12.8. The van der Waals surface area contributed by atoms with Crippen LogP contribution in [0.1, 0.15) is 15.9 Å². The number of aromatic nitrogens is 3. The highest BCUT2D eigenvalue weighted by molar-refractivity contribution is 6.04. The Balaban J connectivity index is 1.47. The third-order valence-corrected chi connectivity index (χ3v) is 4.10. The second-order valence-electron chi connectivity index (χ2n) is 6.08. The Bertz CT molecular complexity index is 1170. The fourth-order valence-electron chi connectivity index (χ4n) is 2.69. The first kappa shape index (κ1) is 18.5. The summed E-state index contributed by atoms with van der Waals surface area (Å²) in [6, 6.07) is 12.4. The zero-order valence-electron chi connectivity index (χ0n) is 14.7. The van der Waals surface area contributed by atoms with Crippen molar-refractivity contribution >= 4 is 22.6 Å². The quantitative estimate of drug-likeness (QED) is 0.506. The molecule has 1 amide bonds. The van der Waals surface area contributed by atoms with E-state index in [9.17, 15) is 18.0 Å². The van der Waals surface area contributed by atoms with Gasteiger partial charge in [-0.1, -0.05) is 6.07 Å². The Morgan fingerprint density at radius 3 is 2.59 bits per heavy atom. The highest BCUT2D eigenvalue weighted by Gasteiger charge is 2.30. The van der Waals surface area contributed by atoms with Crippen molar-refractivity contribution in [3.8, 4) is 11.6 Å². The van der Waals surface area contributed by atoms with E-state index in [0.29, 0.717) is 23.0 Å². The van der Waals surface area contributed by atoms with Crippen molar-refractivity contribution in [2.75, 3.05) is 5.32 Å². The van der Waals surface area contributed by atoms with Gasteiger partial charge in [-0.3, -0.25) is 4.79 Å². The second kappa shape index (κ2) is 7.27. The van der Waals surface area contributed by atoms with Crippen molar-refractivity contribution in [2.45, 2.75) is 6.18 Å². The van der Waals surface area contributed by atoms with Gasteiger partial charge >= 0.3 is 6.18 Å². The predicted molar refractivity (Wildman–Crippen MR) is 99.8 cm³/mol. The number of hydrogen-bond acceptors (Lipinski definition) is 4. The van der Waals surface area contributed by atoms with E-state index >= 15 is 0 Å². The first-order valence-electron chi connectivity index (χ1n) is 8.45. The van der Waals surface area contributed by atoms with Gasteiger partial charge in [0.15, 0.2) is 0 Å². The van der Waals surface area contributed by atoms with E-state index in [2.05, 4.69) is 20.3 Å². The number of H-pyrrole nitrogens is 1. The molecule has 29 heavy (non-hydrogen) atoms. The van der Waals surface area contributed by atoms with Gasteiger partial charge in [0, 0.05) is 17.4 Å². The van der Waals surface area contributed by atoms with E-state index < -0.39 is 17.6 Å². The number of carbonyl (C=O) groups excluding carboxylic acids is 1. The van der Waals surface area contributed by atoms with Crippen LogP contribution >= 0.6 is 0 Å². The summed E-state index contributed by atoms with van der Waals surface area (Å²) in [6.07, 6.45) is -1.42. The summed E-state index contributed by atoms with van der Waals surface area (Å²) in [7, 11) is 0. The lowest BCUT2D eigenvalue weighted by Crippen LogP contribution is -2.13. The second-order valence-corrected chi connectivity index (χ2v) is 6.08. The van der Waals surface area contributed by atoms with Crippen molar-refractivity contribution in [3.05, 3.63) is 78.2 Å². The summed E-state index contributed by atoms with van der Waals surface area (Å²) < 4.78 is 44.1. The number of carbonyl (C=O) groups is 1. The standard InChI is InChI=1S/C20H13F3N4O2/c21-20(22,23)13-3-1-2-12(10-13)18(28)27-14-4-6-15(7-5-14)29-19-16-8-9-24-17(16)25-11-26-19/h1-11H,(H,27,28)(H,24,25,26). The third-order valence-electron chi connectivity index (χ3n) is 4.10. The molecule has 0 unspecified atom stereocenters. The number of fused-ring (bicyclic) bond motifs is 1. The Labute approximate surface area is 162 Å². The average Bonchev–Trinajstić information content (AvgIpc) is 3.19. The summed E-state index contributed by atoms with van der Waals surface area (Å²) in [6.45, 7) is 0. The van der Waals surface area contributed by atoms with Gasteiger partial charge in [-0.25, -0.2) is 9.97 Å². The molecule has 9 heteroatoms. The predicted octanol–water partition coefficient (Wildman–Crippen LogP) is 5.02. The number of nitrogens with one attached hydrogen (secondary N) is 2. The largest absolute Gasteiger partial charge is 0.438 e. The van der Waals surface area contributed by atoms with Crippen molar-refractivity contribution in [2.24, 2.45) is 0 Å². The van der Waals surface area contributed by atoms with Crippen LogP contribution in [0.2, 0.25) is 0 Å². The molecule has 0 bridgehead atoms. The zero-order chi connectivity index (χ0) is 20.4. The number of aromatic amines is 1. The van der Waals surface area contributed by atoms with Crippen LogP contribution in [0.3, 0.4) is 0 Å². The summed E-state index contributed by atoms with van der Waals surface area (Å²) in [5.74, 6) is 0.204. The summed E-state index contributed by atoms with van der Waals surface area (Å²) in [5.41, 5.74) is 0.0834. The van der Waals surface area contributed by atoms with Gasteiger partial charge in [0.25, 0.3) is 5.91 Å². The molecular formula is C20H13F3N4O2. The maximum atomic E-state index is 12.8. The van der Waals surface area contributed by atoms with Gasteiger partial charge < -0.3 is 15.0 Å². The first-order chi connectivity index (χ1) is 13.9.